The normalized spacial score (nSPS) is 13.8. The number of nitrogens with two attached hydrogens (primary N) is 1. The highest BCUT2D eigenvalue weighted by Crippen LogP contribution is 2.23. The van der Waals surface area contributed by atoms with Crippen molar-refractivity contribution in [2.24, 2.45) is 5.73 Å². The second-order valence-corrected chi connectivity index (χ2v) is 5.08. The van der Waals surface area contributed by atoms with Crippen molar-refractivity contribution >= 4 is 5.91 Å². The number of hydrogen-bond acceptors (Lipinski definition) is 2. The fourth-order valence-electron chi connectivity index (χ4n) is 2.83. The van der Waals surface area contributed by atoms with Crippen molar-refractivity contribution in [1.29, 1.82) is 0 Å². The predicted molar refractivity (Wildman–Crippen MR) is 77.2 cm³/mol. The molecule has 0 saturated carbocycles. The molecule has 1 aromatic heterocycles. The van der Waals surface area contributed by atoms with Gasteiger partial charge in [0.1, 0.15) is 5.56 Å². The lowest BCUT2D eigenvalue weighted by molar-refractivity contribution is 0.0998. The average molecular weight is 268 g/mol. The van der Waals surface area contributed by atoms with Crippen LogP contribution in [0.2, 0.25) is 0 Å². The summed E-state index contributed by atoms with van der Waals surface area (Å²) in [5.74, 6) is -0.659. The van der Waals surface area contributed by atoms with Crippen LogP contribution in [0.4, 0.5) is 0 Å². The Balaban J connectivity index is 2.34. The second-order valence-electron chi connectivity index (χ2n) is 5.08. The quantitative estimate of drug-likeness (QED) is 0.902. The zero-order chi connectivity index (χ0) is 14.1. The van der Waals surface area contributed by atoms with Gasteiger partial charge in [-0.05, 0) is 49.4 Å². The number of para-hydroxylation sites is 1. The lowest BCUT2D eigenvalue weighted by Crippen LogP contribution is -2.32. The summed E-state index contributed by atoms with van der Waals surface area (Å²) in [6.45, 7) is 0. The van der Waals surface area contributed by atoms with E-state index in [1.807, 2.05) is 30.3 Å². The van der Waals surface area contributed by atoms with Crippen LogP contribution in [0, 0.1) is 0 Å². The van der Waals surface area contributed by atoms with Crippen LogP contribution >= 0.6 is 0 Å². The standard InChI is InChI=1S/C16H16N2O2/c17-15(19)13-10-11-6-4-5-9-14(11)18(16(13)20)12-7-2-1-3-8-12/h1-3,7-8,10H,4-6,9H2,(H2,17,19). The number of fused-ring (bicyclic) bond motifs is 1. The molecular weight excluding hydrogens is 252 g/mol. The number of carbonyl (C=O) groups excluding carboxylic acids is 1. The van der Waals surface area contributed by atoms with Crippen molar-refractivity contribution < 1.29 is 4.79 Å². The van der Waals surface area contributed by atoms with Gasteiger partial charge in [-0.25, -0.2) is 0 Å². The number of aryl methyl sites for hydroxylation is 1. The number of nitrogens with zero attached hydrogens (tertiary/aromatic N) is 1. The van der Waals surface area contributed by atoms with Crippen LogP contribution in [0.15, 0.2) is 41.2 Å². The van der Waals surface area contributed by atoms with Gasteiger partial charge >= 0.3 is 0 Å². The minimum Gasteiger partial charge on any atom is -0.365 e. The van der Waals surface area contributed by atoms with Gasteiger partial charge < -0.3 is 5.73 Å². The highest BCUT2D eigenvalue weighted by molar-refractivity contribution is 5.92. The third kappa shape index (κ3) is 2.03. The molecular formula is C16H16N2O2. The lowest BCUT2D eigenvalue weighted by Gasteiger charge is -2.22. The van der Waals surface area contributed by atoms with E-state index in [0.717, 1.165) is 42.6 Å². The number of aromatic nitrogens is 1. The number of amides is 1. The number of pyridine rings is 1. The van der Waals surface area contributed by atoms with E-state index in [-0.39, 0.29) is 11.1 Å². The van der Waals surface area contributed by atoms with Gasteiger partial charge in [0.15, 0.2) is 0 Å². The largest absolute Gasteiger partial charge is 0.365 e. The maximum Gasteiger partial charge on any atom is 0.268 e. The molecule has 1 amide bonds. The summed E-state index contributed by atoms with van der Waals surface area (Å²) < 4.78 is 1.65. The highest BCUT2D eigenvalue weighted by Gasteiger charge is 2.20. The molecule has 1 aliphatic carbocycles. The summed E-state index contributed by atoms with van der Waals surface area (Å²) >= 11 is 0. The molecule has 0 saturated heterocycles. The van der Waals surface area contributed by atoms with E-state index in [4.69, 9.17) is 5.73 Å². The number of hydrogen-bond donors (Lipinski definition) is 1. The van der Waals surface area contributed by atoms with Gasteiger partial charge in [0.25, 0.3) is 11.5 Å². The third-order valence-electron chi connectivity index (χ3n) is 3.78. The van der Waals surface area contributed by atoms with Crippen LogP contribution < -0.4 is 11.3 Å². The zero-order valence-corrected chi connectivity index (χ0v) is 11.1. The summed E-state index contributed by atoms with van der Waals surface area (Å²) in [6.07, 6.45) is 3.90. The third-order valence-corrected chi connectivity index (χ3v) is 3.78. The van der Waals surface area contributed by atoms with Gasteiger partial charge in [0.05, 0.1) is 0 Å². The fourth-order valence-corrected chi connectivity index (χ4v) is 2.83. The van der Waals surface area contributed by atoms with E-state index in [9.17, 15) is 9.59 Å². The van der Waals surface area contributed by atoms with Crippen molar-refractivity contribution in [1.82, 2.24) is 4.57 Å². The van der Waals surface area contributed by atoms with E-state index in [2.05, 4.69) is 0 Å². The molecule has 3 rings (SSSR count). The van der Waals surface area contributed by atoms with Crippen molar-refractivity contribution in [2.45, 2.75) is 25.7 Å². The van der Waals surface area contributed by atoms with E-state index < -0.39 is 5.91 Å². The molecule has 0 radical (unpaired) electrons. The molecule has 4 nitrogen and oxygen atoms in total. The smallest absolute Gasteiger partial charge is 0.268 e. The maximum atomic E-state index is 12.5. The van der Waals surface area contributed by atoms with Crippen LogP contribution in [0.25, 0.3) is 5.69 Å². The van der Waals surface area contributed by atoms with Crippen molar-refractivity contribution in [3.05, 3.63) is 63.6 Å². The van der Waals surface area contributed by atoms with E-state index >= 15 is 0 Å². The molecule has 0 fully saturated rings. The Morgan fingerprint density at radius 1 is 1.10 bits per heavy atom. The maximum absolute atomic E-state index is 12.5. The first-order valence-corrected chi connectivity index (χ1v) is 6.81. The Bertz CT molecular complexity index is 717. The molecule has 0 bridgehead atoms. The molecule has 0 unspecified atom stereocenters. The topological polar surface area (TPSA) is 65.1 Å². The monoisotopic (exact) mass is 268 g/mol. The fraction of sp³-hybridized carbons (Fsp3) is 0.250. The first-order chi connectivity index (χ1) is 9.68. The molecule has 0 aliphatic heterocycles. The van der Waals surface area contributed by atoms with Crippen LogP contribution in [-0.4, -0.2) is 10.5 Å². The molecule has 2 aromatic rings. The van der Waals surface area contributed by atoms with Crippen molar-refractivity contribution in [3.8, 4) is 5.69 Å². The molecule has 1 heterocycles. The first kappa shape index (κ1) is 12.7. The van der Waals surface area contributed by atoms with Crippen molar-refractivity contribution in [2.75, 3.05) is 0 Å². The first-order valence-electron chi connectivity index (χ1n) is 6.81. The van der Waals surface area contributed by atoms with E-state index in [1.54, 1.807) is 10.6 Å². The molecule has 2 N–H and O–H groups in total. The second kappa shape index (κ2) is 4.96. The number of carbonyl (C=O) groups is 1. The summed E-state index contributed by atoms with van der Waals surface area (Å²) in [5, 5.41) is 0. The summed E-state index contributed by atoms with van der Waals surface area (Å²) in [6, 6.07) is 11.1. The summed E-state index contributed by atoms with van der Waals surface area (Å²) in [7, 11) is 0. The van der Waals surface area contributed by atoms with Crippen LogP contribution in [0.5, 0.6) is 0 Å². The van der Waals surface area contributed by atoms with Gasteiger partial charge in [-0.3, -0.25) is 14.2 Å². The predicted octanol–water partition coefficient (Wildman–Crippen LogP) is 1.82. The van der Waals surface area contributed by atoms with Crippen LogP contribution in [-0.2, 0) is 12.8 Å². The van der Waals surface area contributed by atoms with Gasteiger partial charge in [0, 0.05) is 11.4 Å². The minimum atomic E-state index is -0.659. The molecule has 4 heteroatoms. The van der Waals surface area contributed by atoms with Gasteiger partial charge in [0.2, 0.25) is 0 Å². The van der Waals surface area contributed by atoms with Crippen molar-refractivity contribution in [3.63, 3.8) is 0 Å². The van der Waals surface area contributed by atoms with E-state index in [0.29, 0.717) is 0 Å². The number of primary amides is 1. The molecule has 1 aliphatic rings. The number of rotatable bonds is 2. The highest BCUT2D eigenvalue weighted by atomic mass is 16.2. The van der Waals surface area contributed by atoms with Gasteiger partial charge in [-0.1, -0.05) is 18.2 Å². The summed E-state index contributed by atoms with van der Waals surface area (Å²) in [5.41, 5.74) is 7.97. The Kier molecular flexibility index (Phi) is 3.14. The Morgan fingerprint density at radius 3 is 2.50 bits per heavy atom. The molecule has 20 heavy (non-hydrogen) atoms. The Morgan fingerprint density at radius 2 is 1.80 bits per heavy atom. The number of benzene rings is 1. The molecule has 102 valence electrons. The lowest BCUT2D eigenvalue weighted by atomic mass is 9.94. The van der Waals surface area contributed by atoms with E-state index in [1.165, 1.54) is 0 Å². The van der Waals surface area contributed by atoms with Gasteiger partial charge in [-0.2, -0.15) is 0 Å². The SMILES string of the molecule is NC(=O)c1cc2c(n(-c3ccccc3)c1=O)CCCC2. The Hall–Kier alpha value is -2.36. The molecule has 0 atom stereocenters. The zero-order valence-electron chi connectivity index (χ0n) is 11.1. The Labute approximate surface area is 116 Å². The molecule has 0 spiro atoms. The average Bonchev–Trinajstić information content (AvgIpc) is 2.47. The summed E-state index contributed by atoms with van der Waals surface area (Å²) in [4.78, 5) is 24.0. The minimum absolute atomic E-state index is 0.0782. The van der Waals surface area contributed by atoms with Gasteiger partial charge in [-0.15, -0.1) is 0 Å². The molecule has 1 aromatic carbocycles. The van der Waals surface area contributed by atoms with Crippen LogP contribution in [0.1, 0.15) is 34.5 Å². The van der Waals surface area contributed by atoms with Crippen LogP contribution in [0.3, 0.4) is 0 Å².